The molecule has 7 heteroatoms. The molecule has 0 spiro atoms. The van der Waals surface area contributed by atoms with E-state index in [0.717, 1.165) is 24.4 Å². The maximum Gasteiger partial charge on any atom is 0.295 e. The third-order valence-corrected chi connectivity index (χ3v) is 6.45. The van der Waals surface area contributed by atoms with Crippen molar-refractivity contribution in [3.63, 3.8) is 0 Å². The highest BCUT2D eigenvalue weighted by Gasteiger charge is 2.46. The summed E-state index contributed by atoms with van der Waals surface area (Å²) in [6, 6.07) is 11.0. The largest absolute Gasteiger partial charge is 0.508 e. The van der Waals surface area contributed by atoms with Crippen LogP contribution in [0.5, 0.6) is 11.5 Å². The maximum atomic E-state index is 13.2. The first kappa shape index (κ1) is 22.9. The Morgan fingerprint density at radius 1 is 1.15 bits per heavy atom. The fourth-order valence-corrected chi connectivity index (χ4v) is 4.67. The van der Waals surface area contributed by atoms with Gasteiger partial charge >= 0.3 is 0 Å². The Balaban J connectivity index is 1.79. The Hall–Kier alpha value is -3.32. The minimum atomic E-state index is -0.781. The van der Waals surface area contributed by atoms with Crippen LogP contribution in [0, 0.1) is 0 Å². The van der Waals surface area contributed by atoms with Gasteiger partial charge in [-0.2, -0.15) is 0 Å². The fourth-order valence-electron chi connectivity index (χ4n) is 4.67. The molecule has 2 aliphatic rings. The Morgan fingerprint density at radius 2 is 1.91 bits per heavy atom. The monoisotopic (exact) mass is 450 g/mol. The molecule has 2 atom stereocenters. The number of carbonyl (C=O) groups excluding carboxylic acids is 2. The lowest BCUT2D eigenvalue weighted by Crippen LogP contribution is -2.38. The van der Waals surface area contributed by atoms with Gasteiger partial charge in [0.05, 0.1) is 11.6 Å². The van der Waals surface area contributed by atoms with E-state index >= 15 is 0 Å². The second-order valence-electron chi connectivity index (χ2n) is 8.57. The molecule has 4 rings (SSSR count). The lowest BCUT2D eigenvalue weighted by atomic mass is 9.94. The molecule has 0 aromatic heterocycles. The summed E-state index contributed by atoms with van der Waals surface area (Å²) < 4.78 is 5.74. The van der Waals surface area contributed by atoms with Gasteiger partial charge in [0.1, 0.15) is 23.4 Å². The predicted molar refractivity (Wildman–Crippen MR) is 125 cm³/mol. The third-order valence-electron chi connectivity index (χ3n) is 6.45. The van der Waals surface area contributed by atoms with Gasteiger partial charge in [-0.1, -0.05) is 26.0 Å². The highest BCUT2D eigenvalue weighted by atomic mass is 16.5. The number of aliphatic hydroxyl groups excluding tert-OH is 1. The van der Waals surface area contributed by atoms with Gasteiger partial charge < -0.3 is 24.7 Å². The third kappa shape index (κ3) is 4.33. The Labute approximate surface area is 193 Å². The summed E-state index contributed by atoms with van der Waals surface area (Å²) in [5.41, 5.74) is 2.04. The van der Waals surface area contributed by atoms with Crippen LogP contribution in [0.3, 0.4) is 0 Å². The molecule has 0 aliphatic carbocycles. The second kappa shape index (κ2) is 9.27. The van der Waals surface area contributed by atoms with Crippen molar-refractivity contribution in [2.75, 3.05) is 26.2 Å². The van der Waals surface area contributed by atoms with E-state index in [4.69, 9.17) is 4.74 Å². The summed E-state index contributed by atoms with van der Waals surface area (Å²) in [6.45, 7) is 8.65. The first-order valence-corrected chi connectivity index (χ1v) is 11.4. The van der Waals surface area contributed by atoms with Crippen LogP contribution in [0.15, 0.2) is 48.0 Å². The molecule has 1 amide bonds. The molecule has 33 heavy (non-hydrogen) atoms. The molecule has 0 unspecified atom stereocenters. The summed E-state index contributed by atoms with van der Waals surface area (Å²) in [5.74, 6) is -0.774. The highest BCUT2D eigenvalue weighted by molar-refractivity contribution is 6.46. The van der Waals surface area contributed by atoms with Crippen molar-refractivity contribution in [3.8, 4) is 11.5 Å². The molecule has 1 fully saturated rings. The molecular weight excluding hydrogens is 420 g/mol. The number of hydrogen-bond acceptors (Lipinski definition) is 6. The second-order valence-corrected chi connectivity index (χ2v) is 8.57. The average Bonchev–Trinajstić information content (AvgIpc) is 3.30. The van der Waals surface area contributed by atoms with E-state index in [2.05, 4.69) is 4.90 Å². The van der Waals surface area contributed by atoms with Gasteiger partial charge in [-0.3, -0.25) is 9.59 Å². The molecule has 2 aliphatic heterocycles. The quantitative estimate of drug-likeness (QED) is 0.381. The smallest absolute Gasteiger partial charge is 0.295 e. The van der Waals surface area contributed by atoms with Gasteiger partial charge in [0.2, 0.25) is 0 Å². The van der Waals surface area contributed by atoms with Crippen molar-refractivity contribution < 1.29 is 24.5 Å². The van der Waals surface area contributed by atoms with E-state index in [1.165, 1.54) is 17.0 Å². The molecule has 0 radical (unpaired) electrons. The van der Waals surface area contributed by atoms with Crippen LogP contribution < -0.4 is 4.74 Å². The summed E-state index contributed by atoms with van der Waals surface area (Å²) in [4.78, 5) is 29.9. The summed E-state index contributed by atoms with van der Waals surface area (Å²) in [7, 11) is 0. The van der Waals surface area contributed by atoms with Gasteiger partial charge in [0.25, 0.3) is 11.7 Å². The molecule has 0 bridgehead atoms. The van der Waals surface area contributed by atoms with Crippen LogP contribution in [0.2, 0.25) is 0 Å². The zero-order valence-corrected chi connectivity index (χ0v) is 19.2. The van der Waals surface area contributed by atoms with E-state index in [9.17, 15) is 19.8 Å². The number of carbonyl (C=O) groups is 2. The normalized spacial score (nSPS) is 21.5. The van der Waals surface area contributed by atoms with Crippen molar-refractivity contribution in [2.45, 2.75) is 39.3 Å². The summed E-state index contributed by atoms with van der Waals surface area (Å²) >= 11 is 0. The van der Waals surface area contributed by atoms with Gasteiger partial charge in [-0.05, 0) is 61.5 Å². The lowest BCUT2D eigenvalue weighted by Gasteiger charge is -2.28. The zero-order valence-electron chi connectivity index (χ0n) is 19.2. The summed E-state index contributed by atoms with van der Waals surface area (Å²) in [6.07, 6.45) is 0.764. The molecule has 2 aromatic rings. The average molecular weight is 451 g/mol. The number of phenolic OH excluding ortho intramolecular Hbond substituents is 1. The van der Waals surface area contributed by atoms with E-state index in [1.807, 2.05) is 26.8 Å². The molecule has 0 saturated carbocycles. The molecule has 2 N–H and O–H groups in total. The van der Waals surface area contributed by atoms with Crippen molar-refractivity contribution in [1.29, 1.82) is 0 Å². The SMILES string of the molecule is CCN(CC)CCN1C(=O)C(=O)C(=C(O)c2ccc3c(c2)C[C@H](C)O3)[C@@H]1c1cccc(O)c1. The van der Waals surface area contributed by atoms with Crippen LogP contribution in [0.4, 0.5) is 0 Å². The Morgan fingerprint density at radius 3 is 2.61 bits per heavy atom. The van der Waals surface area contributed by atoms with E-state index in [0.29, 0.717) is 30.6 Å². The van der Waals surface area contributed by atoms with Crippen molar-refractivity contribution in [1.82, 2.24) is 9.80 Å². The Bertz CT molecular complexity index is 1110. The van der Waals surface area contributed by atoms with Gasteiger partial charge in [-0.25, -0.2) is 0 Å². The van der Waals surface area contributed by atoms with Crippen LogP contribution in [0.1, 0.15) is 43.5 Å². The van der Waals surface area contributed by atoms with E-state index < -0.39 is 17.7 Å². The summed E-state index contributed by atoms with van der Waals surface area (Å²) in [5, 5.41) is 21.3. The van der Waals surface area contributed by atoms with E-state index in [-0.39, 0.29) is 23.2 Å². The number of ketones is 1. The van der Waals surface area contributed by atoms with Crippen molar-refractivity contribution >= 4 is 17.4 Å². The first-order valence-electron chi connectivity index (χ1n) is 11.4. The topological polar surface area (TPSA) is 90.3 Å². The number of phenols is 1. The lowest BCUT2D eigenvalue weighted by molar-refractivity contribution is -0.140. The molecule has 7 nitrogen and oxygen atoms in total. The van der Waals surface area contributed by atoms with Crippen LogP contribution in [-0.4, -0.2) is 64.0 Å². The number of hydrogen-bond donors (Lipinski definition) is 2. The first-order chi connectivity index (χ1) is 15.8. The van der Waals surface area contributed by atoms with Crippen molar-refractivity contribution in [3.05, 3.63) is 64.7 Å². The number of benzene rings is 2. The fraction of sp³-hybridized carbons (Fsp3) is 0.385. The highest BCUT2D eigenvalue weighted by Crippen LogP contribution is 2.41. The standard InChI is InChI=1S/C26H30N2O5/c1-4-27(5-2)11-12-28-23(17-7-6-8-20(29)15-17)22(25(31)26(28)32)24(30)18-9-10-21-19(14-18)13-16(3)33-21/h6-10,14-16,23,29-30H,4-5,11-13H2,1-3H3/t16-,23-/m0/s1. The number of aliphatic hydroxyl groups is 1. The number of Topliss-reactive ketones (excluding diaryl/α,β-unsaturated/α-hetero) is 1. The van der Waals surface area contributed by atoms with Crippen LogP contribution in [-0.2, 0) is 16.0 Å². The van der Waals surface area contributed by atoms with Crippen LogP contribution in [0.25, 0.3) is 5.76 Å². The number of rotatable bonds is 7. The number of likely N-dealkylation sites (tertiary alicyclic amines) is 1. The van der Waals surface area contributed by atoms with E-state index in [1.54, 1.807) is 24.3 Å². The minimum absolute atomic E-state index is 0.0329. The van der Waals surface area contributed by atoms with Crippen molar-refractivity contribution in [2.24, 2.45) is 0 Å². The maximum absolute atomic E-state index is 13.2. The molecule has 2 heterocycles. The zero-order chi connectivity index (χ0) is 23.7. The number of aromatic hydroxyl groups is 1. The van der Waals surface area contributed by atoms with Gasteiger partial charge in [-0.15, -0.1) is 0 Å². The molecule has 174 valence electrons. The number of amides is 1. The number of likely N-dealkylation sites (N-methyl/N-ethyl adjacent to an activating group) is 1. The van der Waals surface area contributed by atoms with Gasteiger partial charge in [0.15, 0.2) is 0 Å². The minimum Gasteiger partial charge on any atom is -0.508 e. The Kier molecular flexibility index (Phi) is 6.42. The molecule has 1 saturated heterocycles. The van der Waals surface area contributed by atoms with Crippen LogP contribution >= 0.6 is 0 Å². The number of fused-ring (bicyclic) bond motifs is 1. The number of nitrogens with zero attached hydrogens (tertiary/aromatic N) is 2. The predicted octanol–water partition coefficient (Wildman–Crippen LogP) is 3.48. The molecule has 2 aromatic carbocycles. The number of ether oxygens (including phenoxy) is 1. The van der Waals surface area contributed by atoms with Gasteiger partial charge in [0, 0.05) is 25.1 Å². The molecular formula is C26H30N2O5.